The minimum absolute atomic E-state index is 0.155. The number of hydrogen-bond acceptors (Lipinski definition) is 3. The minimum Gasteiger partial charge on any atom is -0.370 e. The Morgan fingerprint density at radius 2 is 2.19 bits per heavy atom. The van der Waals surface area contributed by atoms with Gasteiger partial charge in [-0.15, -0.1) is 0 Å². The maximum absolute atomic E-state index is 12.7. The van der Waals surface area contributed by atoms with E-state index in [0.717, 1.165) is 4.90 Å². The van der Waals surface area contributed by atoms with Crippen LogP contribution in [0.15, 0.2) is 16.7 Å². The number of rotatable bonds is 5. The Kier molecular flexibility index (Phi) is 4.75. The molecule has 4 nitrogen and oxygen atoms in total. The first-order chi connectivity index (χ1) is 9.81. The van der Waals surface area contributed by atoms with Crippen LogP contribution in [0.5, 0.6) is 0 Å². The number of nitrogens with one attached hydrogen (secondary N) is 1. The zero-order valence-electron chi connectivity index (χ0n) is 11.4. The van der Waals surface area contributed by atoms with Crippen LogP contribution in [0.3, 0.4) is 0 Å². The number of amides is 1. The summed E-state index contributed by atoms with van der Waals surface area (Å²) in [6.45, 7) is 1.12. The first-order valence-corrected chi connectivity index (χ1v) is 7.38. The number of halogens is 4. The molecule has 0 spiro atoms. The molecule has 0 unspecified atom stereocenters. The summed E-state index contributed by atoms with van der Waals surface area (Å²) < 4.78 is 38.5. The van der Waals surface area contributed by atoms with Gasteiger partial charge in [-0.05, 0) is 41.8 Å². The van der Waals surface area contributed by atoms with E-state index in [1.165, 1.54) is 12.3 Å². The van der Waals surface area contributed by atoms with E-state index in [0.29, 0.717) is 29.7 Å². The number of hydrogen-bond donors (Lipinski definition) is 1. The summed E-state index contributed by atoms with van der Waals surface area (Å²) >= 11 is 3.20. The van der Waals surface area contributed by atoms with Crippen molar-refractivity contribution in [1.82, 2.24) is 9.88 Å². The molecule has 1 aromatic heterocycles. The quantitative estimate of drug-likeness (QED) is 0.869. The lowest BCUT2D eigenvalue weighted by Gasteiger charge is -2.24. The van der Waals surface area contributed by atoms with E-state index >= 15 is 0 Å². The molecular weight excluding hydrogens is 351 g/mol. The van der Waals surface area contributed by atoms with Gasteiger partial charge in [0.05, 0.1) is 5.56 Å². The summed E-state index contributed by atoms with van der Waals surface area (Å²) in [6, 6.07) is 1.17. The smallest absolute Gasteiger partial charge is 0.370 e. The highest BCUT2D eigenvalue weighted by atomic mass is 79.9. The van der Waals surface area contributed by atoms with E-state index in [9.17, 15) is 18.0 Å². The van der Waals surface area contributed by atoms with Crippen molar-refractivity contribution in [3.8, 4) is 0 Å². The predicted octanol–water partition coefficient (Wildman–Crippen LogP) is 3.44. The molecule has 0 aromatic carbocycles. The molecule has 1 aromatic rings. The lowest BCUT2D eigenvalue weighted by atomic mass is 10.2. The van der Waals surface area contributed by atoms with Crippen molar-refractivity contribution in [3.63, 3.8) is 0 Å². The SMILES string of the molecule is CCNc1ncc(Br)cc1C(=O)N(CC(F)(F)F)C1CC1. The van der Waals surface area contributed by atoms with Gasteiger partial charge in [0.2, 0.25) is 0 Å². The molecule has 2 rings (SSSR count). The highest BCUT2D eigenvalue weighted by Crippen LogP contribution is 2.32. The molecule has 0 bridgehead atoms. The molecule has 0 aliphatic heterocycles. The summed E-state index contributed by atoms with van der Waals surface area (Å²) in [4.78, 5) is 17.4. The lowest BCUT2D eigenvalue weighted by molar-refractivity contribution is -0.141. The molecule has 0 radical (unpaired) electrons. The summed E-state index contributed by atoms with van der Waals surface area (Å²) in [7, 11) is 0. The van der Waals surface area contributed by atoms with Crippen LogP contribution in [-0.4, -0.2) is 41.1 Å². The molecule has 1 aliphatic carbocycles. The Bertz CT molecular complexity index is 532. The van der Waals surface area contributed by atoms with Crippen molar-refractivity contribution in [2.45, 2.75) is 32.0 Å². The fourth-order valence-corrected chi connectivity index (χ4v) is 2.34. The molecular formula is C13H15BrF3N3O. The summed E-state index contributed by atoms with van der Waals surface area (Å²) in [5.41, 5.74) is 0.155. The van der Waals surface area contributed by atoms with Crippen LogP contribution >= 0.6 is 15.9 Å². The first kappa shape index (κ1) is 16.1. The zero-order chi connectivity index (χ0) is 15.6. The Morgan fingerprint density at radius 3 is 2.71 bits per heavy atom. The van der Waals surface area contributed by atoms with Gasteiger partial charge in [-0.2, -0.15) is 13.2 Å². The Labute approximate surface area is 128 Å². The third-order valence-corrected chi connectivity index (χ3v) is 3.46. The van der Waals surface area contributed by atoms with Gasteiger partial charge in [0.15, 0.2) is 0 Å². The molecule has 8 heteroatoms. The molecule has 1 fully saturated rings. The summed E-state index contributed by atoms with van der Waals surface area (Å²) in [5.74, 6) is -0.335. The fourth-order valence-electron chi connectivity index (χ4n) is 2.01. The van der Waals surface area contributed by atoms with E-state index in [-0.39, 0.29) is 11.6 Å². The number of carbonyl (C=O) groups is 1. The number of carbonyl (C=O) groups excluding carboxylic acids is 1. The van der Waals surface area contributed by atoms with E-state index in [1.54, 1.807) is 0 Å². The fraction of sp³-hybridized carbons (Fsp3) is 0.538. The number of pyridine rings is 1. The maximum atomic E-state index is 12.7. The summed E-state index contributed by atoms with van der Waals surface area (Å²) in [6.07, 6.45) is -1.68. The standard InChI is InChI=1S/C13H15BrF3N3O/c1-2-18-11-10(5-8(14)6-19-11)12(21)20(9-3-4-9)7-13(15,16)17/h5-6,9H,2-4,7H2,1H3,(H,18,19). The van der Waals surface area contributed by atoms with Gasteiger partial charge in [0.25, 0.3) is 5.91 Å². The molecule has 0 saturated heterocycles. The highest BCUT2D eigenvalue weighted by molar-refractivity contribution is 9.10. The molecule has 21 heavy (non-hydrogen) atoms. The molecule has 1 aliphatic rings. The average molecular weight is 366 g/mol. The second-order valence-electron chi connectivity index (χ2n) is 4.86. The minimum atomic E-state index is -4.41. The third kappa shape index (κ3) is 4.33. The van der Waals surface area contributed by atoms with Gasteiger partial charge in [-0.25, -0.2) is 4.98 Å². The number of nitrogens with zero attached hydrogens (tertiary/aromatic N) is 2. The maximum Gasteiger partial charge on any atom is 0.406 e. The second kappa shape index (κ2) is 6.21. The van der Waals surface area contributed by atoms with E-state index in [2.05, 4.69) is 26.2 Å². The van der Waals surface area contributed by atoms with Crippen LogP contribution in [-0.2, 0) is 0 Å². The Morgan fingerprint density at radius 1 is 1.52 bits per heavy atom. The van der Waals surface area contributed by atoms with Gasteiger partial charge in [-0.3, -0.25) is 4.79 Å². The van der Waals surface area contributed by atoms with Crippen molar-refractivity contribution in [3.05, 3.63) is 22.3 Å². The average Bonchev–Trinajstić information content (AvgIpc) is 3.21. The van der Waals surface area contributed by atoms with Crippen LogP contribution in [0.4, 0.5) is 19.0 Å². The Balaban J connectivity index is 2.29. The van der Waals surface area contributed by atoms with Crippen molar-refractivity contribution in [2.24, 2.45) is 0 Å². The molecule has 1 N–H and O–H groups in total. The van der Waals surface area contributed by atoms with Crippen LogP contribution in [0.2, 0.25) is 0 Å². The van der Waals surface area contributed by atoms with E-state index < -0.39 is 18.6 Å². The van der Waals surface area contributed by atoms with Crippen LogP contribution in [0.1, 0.15) is 30.1 Å². The van der Waals surface area contributed by atoms with Gasteiger partial charge >= 0.3 is 6.18 Å². The third-order valence-electron chi connectivity index (χ3n) is 3.03. The monoisotopic (exact) mass is 365 g/mol. The van der Waals surface area contributed by atoms with Gasteiger partial charge < -0.3 is 10.2 Å². The molecule has 1 heterocycles. The van der Waals surface area contributed by atoms with Gasteiger partial charge in [0.1, 0.15) is 12.4 Å². The number of anilines is 1. The van der Waals surface area contributed by atoms with Gasteiger partial charge in [-0.1, -0.05) is 0 Å². The molecule has 0 atom stereocenters. The first-order valence-electron chi connectivity index (χ1n) is 6.59. The second-order valence-corrected chi connectivity index (χ2v) is 5.78. The van der Waals surface area contributed by atoms with E-state index in [1.807, 2.05) is 6.92 Å². The number of alkyl halides is 3. The lowest BCUT2D eigenvalue weighted by Crippen LogP contribution is -2.40. The summed E-state index contributed by atoms with van der Waals surface area (Å²) in [5, 5.41) is 2.90. The van der Waals surface area contributed by atoms with Crippen molar-refractivity contribution in [1.29, 1.82) is 0 Å². The van der Waals surface area contributed by atoms with E-state index in [4.69, 9.17) is 0 Å². The molecule has 1 amide bonds. The largest absolute Gasteiger partial charge is 0.406 e. The van der Waals surface area contributed by atoms with Crippen LogP contribution < -0.4 is 5.32 Å². The number of aromatic nitrogens is 1. The highest BCUT2D eigenvalue weighted by Gasteiger charge is 2.41. The molecule has 116 valence electrons. The van der Waals surface area contributed by atoms with Crippen molar-refractivity contribution < 1.29 is 18.0 Å². The van der Waals surface area contributed by atoms with Crippen LogP contribution in [0.25, 0.3) is 0 Å². The van der Waals surface area contributed by atoms with Crippen molar-refractivity contribution in [2.75, 3.05) is 18.4 Å². The predicted molar refractivity (Wildman–Crippen MR) is 76.2 cm³/mol. The van der Waals surface area contributed by atoms with Crippen molar-refractivity contribution >= 4 is 27.7 Å². The topological polar surface area (TPSA) is 45.2 Å². The Hall–Kier alpha value is -1.31. The van der Waals surface area contributed by atoms with Gasteiger partial charge in [0, 0.05) is 23.3 Å². The van der Waals surface area contributed by atoms with Crippen LogP contribution in [0, 0.1) is 0 Å². The molecule has 1 saturated carbocycles. The normalized spacial score (nSPS) is 14.9. The zero-order valence-corrected chi connectivity index (χ0v) is 13.0.